The van der Waals surface area contributed by atoms with E-state index in [1.807, 2.05) is 13.8 Å². The van der Waals surface area contributed by atoms with Gasteiger partial charge in [0, 0.05) is 18.2 Å². The lowest BCUT2D eigenvalue weighted by Crippen LogP contribution is -2.50. The highest BCUT2D eigenvalue weighted by Gasteiger charge is 2.25. The lowest BCUT2D eigenvalue weighted by Gasteiger charge is -2.22. The molecule has 0 saturated carbocycles. The SMILES string of the molecule is COc1cc(OC)cc(C(=O)NC(C(=O)NCCC2CCNC2)C(C)C)c1.Cl. The van der Waals surface area contributed by atoms with E-state index >= 15 is 0 Å². The van der Waals surface area contributed by atoms with Gasteiger partial charge in [0.2, 0.25) is 5.91 Å². The number of ether oxygens (including phenoxy) is 2. The number of rotatable bonds is 9. The predicted molar refractivity (Wildman–Crippen MR) is 111 cm³/mol. The number of benzene rings is 1. The first-order chi connectivity index (χ1) is 12.9. The van der Waals surface area contributed by atoms with Crippen molar-refractivity contribution < 1.29 is 19.1 Å². The van der Waals surface area contributed by atoms with E-state index in [-0.39, 0.29) is 30.1 Å². The van der Waals surface area contributed by atoms with Crippen molar-refractivity contribution in [3.8, 4) is 11.5 Å². The highest BCUT2D eigenvalue weighted by molar-refractivity contribution is 5.98. The molecule has 2 unspecified atom stereocenters. The maximum absolute atomic E-state index is 12.7. The van der Waals surface area contributed by atoms with Gasteiger partial charge in [-0.15, -0.1) is 12.4 Å². The van der Waals surface area contributed by atoms with Crippen molar-refractivity contribution in [3.05, 3.63) is 23.8 Å². The topological polar surface area (TPSA) is 88.7 Å². The molecule has 2 rings (SSSR count). The molecule has 1 aliphatic heterocycles. The van der Waals surface area contributed by atoms with E-state index in [0.717, 1.165) is 25.9 Å². The van der Waals surface area contributed by atoms with Gasteiger partial charge in [0.05, 0.1) is 14.2 Å². The van der Waals surface area contributed by atoms with E-state index in [1.54, 1.807) is 18.2 Å². The van der Waals surface area contributed by atoms with Crippen LogP contribution in [0.1, 0.15) is 37.0 Å². The number of amides is 2. The van der Waals surface area contributed by atoms with Crippen LogP contribution in [-0.2, 0) is 4.79 Å². The van der Waals surface area contributed by atoms with Gasteiger partial charge in [0.1, 0.15) is 17.5 Å². The Morgan fingerprint density at radius 1 is 1.18 bits per heavy atom. The van der Waals surface area contributed by atoms with Crippen molar-refractivity contribution in [1.29, 1.82) is 0 Å². The van der Waals surface area contributed by atoms with Crippen molar-refractivity contribution in [2.24, 2.45) is 11.8 Å². The van der Waals surface area contributed by atoms with Crippen LogP contribution < -0.4 is 25.4 Å². The van der Waals surface area contributed by atoms with Gasteiger partial charge in [-0.25, -0.2) is 0 Å². The lowest BCUT2D eigenvalue weighted by molar-refractivity contribution is -0.123. The summed E-state index contributed by atoms with van der Waals surface area (Å²) in [5.74, 6) is 1.14. The van der Waals surface area contributed by atoms with Crippen LogP contribution in [0, 0.1) is 11.8 Å². The summed E-state index contributed by atoms with van der Waals surface area (Å²) in [5, 5.41) is 9.13. The summed E-state index contributed by atoms with van der Waals surface area (Å²) >= 11 is 0. The highest BCUT2D eigenvalue weighted by atomic mass is 35.5. The Labute approximate surface area is 173 Å². The molecule has 28 heavy (non-hydrogen) atoms. The standard InChI is InChI=1S/C20H31N3O4.ClH/c1-13(2)18(20(25)22-8-6-14-5-7-21-12-14)23-19(24)15-9-16(26-3)11-17(10-15)27-4;/h9-11,13-14,18,21H,5-8,12H2,1-4H3,(H,22,25)(H,23,24);1H. The molecule has 0 spiro atoms. The summed E-state index contributed by atoms with van der Waals surface area (Å²) in [4.78, 5) is 25.3. The molecule has 0 aliphatic carbocycles. The van der Waals surface area contributed by atoms with Crippen LogP contribution in [-0.4, -0.2) is 51.7 Å². The minimum Gasteiger partial charge on any atom is -0.497 e. The second kappa shape index (κ2) is 11.8. The Morgan fingerprint density at radius 3 is 2.32 bits per heavy atom. The van der Waals surface area contributed by atoms with Crippen molar-refractivity contribution in [2.45, 2.75) is 32.7 Å². The zero-order valence-corrected chi connectivity index (χ0v) is 17.9. The quantitative estimate of drug-likeness (QED) is 0.576. The molecular formula is C20H32ClN3O4. The second-order valence-electron chi connectivity index (χ2n) is 7.24. The average molecular weight is 414 g/mol. The first kappa shape index (κ1) is 24.0. The first-order valence-corrected chi connectivity index (χ1v) is 9.47. The van der Waals surface area contributed by atoms with Crippen LogP contribution in [0.2, 0.25) is 0 Å². The van der Waals surface area contributed by atoms with Crippen molar-refractivity contribution >= 4 is 24.2 Å². The number of carbonyl (C=O) groups excluding carboxylic acids is 2. The molecule has 1 fully saturated rings. The van der Waals surface area contributed by atoms with E-state index in [4.69, 9.17) is 9.47 Å². The molecule has 1 aromatic rings. The Morgan fingerprint density at radius 2 is 1.82 bits per heavy atom. The number of nitrogens with one attached hydrogen (secondary N) is 3. The summed E-state index contributed by atoms with van der Waals surface area (Å²) in [6.07, 6.45) is 2.10. The number of hydrogen-bond acceptors (Lipinski definition) is 5. The number of carbonyl (C=O) groups is 2. The molecule has 1 aromatic carbocycles. The van der Waals surface area contributed by atoms with Gasteiger partial charge in [-0.3, -0.25) is 9.59 Å². The molecule has 1 heterocycles. The summed E-state index contributed by atoms with van der Waals surface area (Å²) in [6, 6.07) is 4.35. The maximum Gasteiger partial charge on any atom is 0.252 e. The predicted octanol–water partition coefficient (Wildman–Crippen LogP) is 2.00. The monoisotopic (exact) mass is 413 g/mol. The van der Waals surface area contributed by atoms with E-state index < -0.39 is 6.04 Å². The molecule has 2 amide bonds. The Kier molecular flexibility index (Phi) is 10.1. The summed E-state index contributed by atoms with van der Waals surface area (Å²) in [7, 11) is 3.06. The van der Waals surface area contributed by atoms with E-state index in [9.17, 15) is 9.59 Å². The zero-order chi connectivity index (χ0) is 19.8. The maximum atomic E-state index is 12.7. The van der Waals surface area contributed by atoms with Crippen LogP contribution in [0.25, 0.3) is 0 Å². The number of halogens is 1. The molecular weight excluding hydrogens is 382 g/mol. The zero-order valence-electron chi connectivity index (χ0n) is 17.0. The minimum absolute atomic E-state index is 0. The second-order valence-corrected chi connectivity index (χ2v) is 7.24. The van der Waals surface area contributed by atoms with Crippen LogP contribution >= 0.6 is 12.4 Å². The van der Waals surface area contributed by atoms with Gasteiger partial charge in [0.15, 0.2) is 0 Å². The van der Waals surface area contributed by atoms with Gasteiger partial charge in [-0.2, -0.15) is 0 Å². The van der Waals surface area contributed by atoms with Gasteiger partial charge in [0.25, 0.3) is 5.91 Å². The molecule has 0 aromatic heterocycles. The highest BCUT2D eigenvalue weighted by Crippen LogP contribution is 2.22. The molecule has 158 valence electrons. The summed E-state index contributed by atoms with van der Waals surface area (Å²) in [6.45, 7) is 6.51. The largest absolute Gasteiger partial charge is 0.497 e. The molecule has 1 saturated heterocycles. The minimum atomic E-state index is -0.601. The molecule has 2 atom stereocenters. The number of hydrogen-bond donors (Lipinski definition) is 3. The fourth-order valence-electron chi connectivity index (χ4n) is 3.17. The number of methoxy groups -OCH3 is 2. The fourth-order valence-corrected chi connectivity index (χ4v) is 3.17. The summed E-state index contributed by atoms with van der Waals surface area (Å²) in [5.41, 5.74) is 0.390. The van der Waals surface area contributed by atoms with E-state index in [2.05, 4.69) is 16.0 Å². The molecule has 8 heteroatoms. The fraction of sp³-hybridized carbons (Fsp3) is 0.600. The van der Waals surface area contributed by atoms with Gasteiger partial charge in [-0.05, 0) is 49.9 Å². The van der Waals surface area contributed by atoms with Crippen LogP contribution in [0.3, 0.4) is 0 Å². The Hall–Kier alpha value is -1.99. The smallest absolute Gasteiger partial charge is 0.252 e. The molecule has 0 bridgehead atoms. The Bertz CT molecular complexity index is 626. The molecule has 1 aliphatic rings. The summed E-state index contributed by atoms with van der Waals surface area (Å²) < 4.78 is 10.4. The average Bonchev–Trinajstić information content (AvgIpc) is 3.18. The van der Waals surface area contributed by atoms with Crippen LogP contribution in [0.5, 0.6) is 11.5 Å². The Balaban J connectivity index is 0.00000392. The normalized spacial score (nSPS) is 16.8. The van der Waals surface area contributed by atoms with E-state index in [0.29, 0.717) is 29.5 Å². The van der Waals surface area contributed by atoms with Crippen molar-refractivity contribution in [3.63, 3.8) is 0 Å². The van der Waals surface area contributed by atoms with Crippen LogP contribution in [0.4, 0.5) is 0 Å². The first-order valence-electron chi connectivity index (χ1n) is 9.47. The molecule has 0 radical (unpaired) electrons. The third kappa shape index (κ3) is 6.87. The van der Waals surface area contributed by atoms with E-state index in [1.165, 1.54) is 14.2 Å². The molecule has 7 nitrogen and oxygen atoms in total. The van der Waals surface area contributed by atoms with Crippen molar-refractivity contribution in [2.75, 3.05) is 33.9 Å². The third-order valence-electron chi connectivity index (χ3n) is 4.86. The van der Waals surface area contributed by atoms with Gasteiger partial charge in [-0.1, -0.05) is 13.8 Å². The van der Waals surface area contributed by atoms with Crippen LogP contribution in [0.15, 0.2) is 18.2 Å². The third-order valence-corrected chi connectivity index (χ3v) is 4.86. The van der Waals surface area contributed by atoms with Gasteiger partial charge >= 0.3 is 0 Å². The lowest BCUT2D eigenvalue weighted by atomic mass is 10.0. The van der Waals surface area contributed by atoms with Gasteiger partial charge < -0.3 is 25.4 Å². The van der Waals surface area contributed by atoms with Crippen molar-refractivity contribution in [1.82, 2.24) is 16.0 Å². The molecule has 3 N–H and O–H groups in total.